The van der Waals surface area contributed by atoms with Crippen LogP contribution in [-0.4, -0.2) is 50.1 Å². The molecule has 5 fully saturated rings. The molecule has 1 aliphatic heterocycles. The van der Waals surface area contributed by atoms with Crippen LogP contribution in [0, 0.1) is 40.4 Å². The van der Waals surface area contributed by atoms with Gasteiger partial charge in [0.15, 0.2) is 5.96 Å². The standard InChI is InChI=1S/C30H43N7O/c1-38-26-5-3-2-4-20(26)16-33-29-34-17-23(15-31)28(37-29)35-18-30-12-19-10-21(13-30)27(22(11-19)14-30)36-25-8-6-24(32)7-9-25/h2-5,19,21-25,27,36H,6-14,16-18,32H2,1H3,(H2,33,34,35,37). The van der Waals surface area contributed by atoms with Gasteiger partial charge in [-0.1, -0.05) is 18.2 Å². The highest BCUT2D eigenvalue weighted by atomic mass is 16.5. The fourth-order valence-electron chi connectivity index (χ4n) is 8.37. The minimum absolute atomic E-state index is 0.290. The Balaban J connectivity index is 1.09. The lowest BCUT2D eigenvalue weighted by molar-refractivity contribution is -0.0746. The third-order valence-corrected chi connectivity index (χ3v) is 9.99. The molecule has 7 rings (SSSR count). The van der Waals surface area contributed by atoms with Crippen LogP contribution in [0.1, 0.15) is 63.4 Å². The van der Waals surface area contributed by atoms with Crippen LogP contribution in [0.3, 0.4) is 0 Å². The van der Waals surface area contributed by atoms with Gasteiger partial charge in [-0.15, -0.1) is 0 Å². The van der Waals surface area contributed by atoms with Crippen molar-refractivity contribution in [1.82, 2.24) is 16.0 Å². The number of aliphatic imine (C=N–C) groups is 2. The second kappa shape index (κ2) is 10.9. The number of amidine groups is 1. The van der Waals surface area contributed by atoms with Crippen LogP contribution in [0.4, 0.5) is 0 Å². The number of hydrogen-bond donors (Lipinski definition) is 4. The zero-order valence-corrected chi connectivity index (χ0v) is 22.7. The van der Waals surface area contributed by atoms with Crippen LogP contribution < -0.4 is 26.4 Å². The quantitative estimate of drug-likeness (QED) is 0.440. The summed E-state index contributed by atoms with van der Waals surface area (Å²) in [6.07, 6.45) is 11.4. The van der Waals surface area contributed by atoms with Crippen molar-refractivity contribution < 1.29 is 4.74 Å². The molecule has 5 aliphatic carbocycles. The SMILES string of the molecule is COc1ccccc1CNC1=NCC(C#N)C(=NCC23CC4CC(C2)C(NC2CCC(N)CC2)C(C4)C3)N1. The molecule has 8 nitrogen and oxygen atoms in total. The van der Waals surface area contributed by atoms with Crippen molar-refractivity contribution in [2.75, 3.05) is 20.2 Å². The predicted molar refractivity (Wildman–Crippen MR) is 150 cm³/mol. The number of nitrogens with one attached hydrogen (secondary N) is 3. The van der Waals surface area contributed by atoms with Crippen LogP contribution in [0.2, 0.25) is 0 Å². The lowest BCUT2D eigenvalue weighted by atomic mass is 9.48. The van der Waals surface area contributed by atoms with E-state index in [2.05, 4.69) is 27.0 Å². The molecule has 0 amide bonds. The van der Waals surface area contributed by atoms with Gasteiger partial charge in [0.25, 0.3) is 0 Å². The lowest BCUT2D eigenvalue weighted by Crippen LogP contribution is -2.61. The largest absolute Gasteiger partial charge is 0.496 e. The number of ether oxygens (including phenoxy) is 1. The molecule has 38 heavy (non-hydrogen) atoms. The van der Waals surface area contributed by atoms with Crippen LogP contribution in [0.5, 0.6) is 5.75 Å². The molecule has 1 heterocycles. The van der Waals surface area contributed by atoms with Gasteiger partial charge >= 0.3 is 0 Å². The summed E-state index contributed by atoms with van der Waals surface area (Å²) < 4.78 is 5.47. The zero-order chi connectivity index (χ0) is 26.1. The molecule has 204 valence electrons. The van der Waals surface area contributed by atoms with Gasteiger partial charge in [-0.05, 0) is 87.0 Å². The van der Waals surface area contributed by atoms with E-state index in [1.165, 1.54) is 44.9 Å². The van der Waals surface area contributed by atoms with Crippen LogP contribution in [-0.2, 0) is 6.54 Å². The molecule has 0 spiro atoms. The van der Waals surface area contributed by atoms with Gasteiger partial charge in [-0.25, -0.2) is 0 Å². The average molecular weight is 518 g/mol. The summed E-state index contributed by atoms with van der Waals surface area (Å²) in [5, 5.41) is 20.7. The number of methoxy groups -OCH3 is 1. The maximum absolute atomic E-state index is 9.80. The Hall–Kier alpha value is -2.63. The number of para-hydroxylation sites is 1. The van der Waals surface area contributed by atoms with Crippen molar-refractivity contribution >= 4 is 11.8 Å². The maximum atomic E-state index is 9.80. The van der Waals surface area contributed by atoms with Gasteiger partial charge in [0.1, 0.15) is 17.5 Å². The average Bonchev–Trinajstić information content (AvgIpc) is 2.93. The van der Waals surface area contributed by atoms with Crippen LogP contribution >= 0.6 is 0 Å². The number of guanidine groups is 1. The number of nitrogens with zero attached hydrogens (tertiary/aromatic N) is 3. The highest BCUT2D eigenvalue weighted by Crippen LogP contribution is 2.60. The van der Waals surface area contributed by atoms with E-state index < -0.39 is 0 Å². The van der Waals surface area contributed by atoms with E-state index in [0.717, 1.165) is 54.3 Å². The normalized spacial score (nSPS) is 38.8. The van der Waals surface area contributed by atoms with Crippen molar-refractivity contribution in [3.8, 4) is 11.8 Å². The van der Waals surface area contributed by atoms with E-state index in [-0.39, 0.29) is 11.3 Å². The first-order valence-electron chi connectivity index (χ1n) is 14.7. The molecular formula is C30H43N7O. The predicted octanol–water partition coefficient (Wildman–Crippen LogP) is 3.34. The summed E-state index contributed by atoms with van der Waals surface area (Å²) in [4.78, 5) is 9.70. The third-order valence-electron chi connectivity index (χ3n) is 9.99. The first-order chi connectivity index (χ1) is 18.5. The number of nitrogens with two attached hydrogens (primary N) is 1. The van der Waals surface area contributed by atoms with Crippen molar-refractivity contribution in [2.45, 2.75) is 82.5 Å². The fraction of sp³-hybridized carbons (Fsp3) is 0.700. The van der Waals surface area contributed by atoms with Gasteiger partial charge in [0.05, 0.1) is 19.7 Å². The first kappa shape index (κ1) is 25.6. The molecule has 8 heteroatoms. The Bertz CT molecular complexity index is 1090. The van der Waals surface area contributed by atoms with Crippen molar-refractivity contribution in [3.05, 3.63) is 29.8 Å². The van der Waals surface area contributed by atoms with Crippen LogP contribution in [0.25, 0.3) is 0 Å². The Labute approximate surface area is 226 Å². The van der Waals surface area contributed by atoms with Gasteiger partial charge in [0.2, 0.25) is 0 Å². The van der Waals surface area contributed by atoms with Gasteiger partial charge in [-0.2, -0.15) is 5.26 Å². The van der Waals surface area contributed by atoms with E-state index in [1.807, 2.05) is 24.3 Å². The molecule has 6 aliphatic rings. The van der Waals surface area contributed by atoms with E-state index in [1.54, 1.807) is 7.11 Å². The highest BCUT2D eigenvalue weighted by Gasteiger charge is 2.55. The maximum Gasteiger partial charge on any atom is 0.197 e. The molecular weight excluding hydrogens is 474 g/mol. The van der Waals surface area contributed by atoms with Crippen LogP contribution in [0.15, 0.2) is 34.3 Å². The highest BCUT2D eigenvalue weighted by molar-refractivity contribution is 6.03. The van der Waals surface area contributed by atoms with E-state index >= 15 is 0 Å². The summed E-state index contributed by atoms with van der Waals surface area (Å²) in [6, 6.07) is 12.1. The zero-order valence-electron chi connectivity index (χ0n) is 22.7. The topological polar surface area (TPSA) is 120 Å². The second-order valence-corrected chi connectivity index (χ2v) is 12.6. The molecule has 5 saturated carbocycles. The number of benzene rings is 1. The summed E-state index contributed by atoms with van der Waals surface area (Å²) >= 11 is 0. The third kappa shape index (κ3) is 5.28. The number of nitriles is 1. The minimum Gasteiger partial charge on any atom is -0.496 e. The molecule has 0 radical (unpaired) electrons. The van der Waals surface area contributed by atoms with E-state index in [4.69, 9.17) is 15.5 Å². The molecule has 0 saturated heterocycles. The Kier molecular flexibility index (Phi) is 7.33. The number of rotatable bonds is 7. The Morgan fingerprint density at radius 3 is 2.66 bits per heavy atom. The van der Waals surface area contributed by atoms with E-state index in [9.17, 15) is 5.26 Å². The molecule has 3 unspecified atom stereocenters. The van der Waals surface area contributed by atoms with E-state index in [0.29, 0.717) is 37.2 Å². The second-order valence-electron chi connectivity index (χ2n) is 12.6. The smallest absolute Gasteiger partial charge is 0.197 e. The summed E-state index contributed by atoms with van der Waals surface area (Å²) in [5.41, 5.74) is 7.51. The summed E-state index contributed by atoms with van der Waals surface area (Å²) in [6.45, 7) is 1.85. The van der Waals surface area contributed by atoms with Crippen molar-refractivity contribution in [1.29, 1.82) is 5.26 Å². The molecule has 4 bridgehead atoms. The Morgan fingerprint density at radius 2 is 1.92 bits per heavy atom. The Morgan fingerprint density at radius 1 is 1.16 bits per heavy atom. The molecule has 3 atom stereocenters. The summed E-state index contributed by atoms with van der Waals surface area (Å²) in [7, 11) is 1.69. The fourth-order valence-corrected chi connectivity index (χ4v) is 8.37. The summed E-state index contributed by atoms with van der Waals surface area (Å²) in [5.74, 6) is 4.37. The number of hydrogen-bond acceptors (Lipinski definition) is 7. The molecule has 5 N–H and O–H groups in total. The van der Waals surface area contributed by atoms with Gasteiger partial charge in [-0.3, -0.25) is 9.98 Å². The molecule has 0 aromatic heterocycles. The first-order valence-corrected chi connectivity index (χ1v) is 14.7. The molecule has 1 aromatic carbocycles. The van der Waals surface area contributed by atoms with Crippen molar-refractivity contribution in [2.24, 2.45) is 44.8 Å². The monoisotopic (exact) mass is 517 g/mol. The molecule has 1 aromatic rings. The minimum atomic E-state index is -0.312. The van der Waals surface area contributed by atoms with Gasteiger partial charge < -0.3 is 26.4 Å². The lowest BCUT2D eigenvalue weighted by Gasteiger charge is -2.60. The van der Waals surface area contributed by atoms with Crippen molar-refractivity contribution in [3.63, 3.8) is 0 Å². The van der Waals surface area contributed by atoms with Gasteiger partial charge in [0, 0.05) is 36.8 Å².